The highest BCUT2D eigenvalue weighted by atomic mass is 33.1. The second-order valence-electron chi connectivity index (χ2n) is 16.6. The Hall–Kier alpha value is -3.34. The minimum Gasteiger partial charge on any atom is -0.427 e. The minimum absolute atomic E-state index is 0.217. The van der Waals surface area contributed by atoms with Gasteiger partial charge in [-0.25, -0.2) is 9.59 Å². The number of benzene rings is 2. The molecule has 0 aliphatic carbocycles. The number of rotatable bonds is 15. The van der Waals surface area contributed by atoms with Crippen LogP contribution in [0.4, 0.5) is 0 Å². The molecular weight excluding hydrogens is 821 g/mol. The Morgan fingerprint density at radius 2 is 0.931 bits per heavy atom. The normalized spacial score (nSPS) is 20.6. The van der Waals surface area contributed by atoms with Crippen LogP contribution in [0.15, 0.2) is 48.5 Å². The van der Waals surface area contributed by atoms with Crippen LogP contribution in [0.2, 0.25) is 0 Å². The van der Waals surface area contributed by atoms with Gasteiger partial charge in [0.25, 0.3) is 0 Å². The third-order valence-corrected chi connectivity index (χ3v) is 14.8. The van der Waals surface area contributed by atoms with E-state index in [4.69, 9.17) is 18.9 Å². The molecule has 16 heteroatoms. The second kappa shape index (κ2) is 20.8. The molecule has 0 aromatic heterocycles. The van der Waals surface area contributed by atoms with Gasteiger partial charge in [0.2, 0.25) is 25.4 Å². The Morgan fingerprint density at radius 3 is 1.24 bits per heavy atom. The lowest BCUT2D eigenvalue weighted by Gasteiger charge is -2.31. The summed E-state index contributed by atoms with van der Waals surface area (Å²) >= 11 is 2.95. The Kier molecular flexibility index (Phi) is 16.9. The van der Waals surface area contributed by atoms with Gasteiger partial charge in [-0.15, -0.1) is 23.5 Å². The van der Waals surface area contributed by atoms with Gasteiger partial charge in [-0.2, -0.15) is 0 Å². The Bertz CT molecular complexity index is 1650. The van der Waals surface area contributed by atoms with Crippen molar-refractivity contribution >= 4 is 80.8 Å². The number of carbonyl (C=O) groups is 6. The third-order valence-electron chi connectivity index (χ3n) is 9.35. The molecular formula is C42H56N2O10S4. The van der Waals surface area contributed by atoms with Crippen molar-refractivity contribution in [2.24, 2.45) is 22.7 Å². The summed E-state index contributed by atoms with van der Waals surface area (Å²) < 4.78 is 21.0. The molecule has 2 saturated heterocycles. The number of thioether (sulfide) groups is 2. The number of carbonyl (C=O) groups excluding carboxylic acids is 6. The number of hydrogen-bond acceptors (Lipinski definition) is 14. The molecule has 2 aliphatic heterocycles. The number of aryl methyl sites for hydroxylation is 2. The number of nitrogens with zero attached hydrogens (tertiary/aromatic N) is 2. The van der Waals surface area contributed by atoms with E-state index in [2.05, 4.69) is 0 Å². The number of esters is 4. The molecule has 2 aliphatic rings. The van der Waals surface area contributed by atoms with Gasteiger partial charge < -0.3 is 28.7 Å². The predicted octanol–water partition coefficient (Wildman–Crippen LogP) is 7.72. The number of hydrogen-bond donors (Lipinski definition) is 0. The standard InChI is InChI=1S/C42H56N2O10S4/c1-25-11-15-29(16-12-25)35-43(31(21-55-35)37(47)51-23-53-39(49)41(5,6)7)33(45)27(3)19-57-58-20-28(4)34(46)44-32(38(48)52-24-54-40(50)42(8,9)10)22-56-36(44)30-17-13-26(2)14-18-30/h11-18,27-28,31-32,35-36H,19-24H2,1-10H3/t27-,28-,31+,32+,35?,36?/m1/s1. The summed E-state index contributed by atoms with van der Waals surface area (Å²) in [6.45, 7) is 16.7. The lowest BCUT2D eigenvalue weighted by Crippen LogP contribution is -2.46. The zero-order valence-corrected chi connectivity index (χ0v) is 38.2. The maximum atomic E-state index is 14.1. The van der Waals surface area contributed by atoms with Gasteiger partial charge in [0.15, 0.2) is 0 Å². The zero-order valence-electron chi connectivity index (χ0n) is 34.9. The monoisotopic (exact) mass is 876 g/mol. The van der Waals surface area contributed by atoms with E-state index in [0.717, 1.165) is 22.3 Å². The van der Waals surface area contributed by atoms with E-state index in [9.17, 15) is 28.8 Å². The highest BCUT2D eigenvalue weighted by Gasteiger charge is 2.46. The van der Waals surface area contributed by atoms with E-state index in [1.54, 1.807) is 51.3 Å². The van der Waals surface area contributed by atoms with Crippen molar-refractivity contribution in [3.8, 4) is 0 Å². The van der Waals surface area contributed by atoms with Gasteiger partial charge in [0, 0.05) is 34.8 Å². The maximum Gasteiger partial charge on any atom is 0.332 e. The lowest BCUT2D eigenvalue weighted by molar-refractivity contribution is -0.178. The van der Waals surface area contributed by atoms with Crippen molar-refractivity contribution in [1.82, 2.24) is 9.80 Å². The van der Waals surface area contributed by atoms with Crippen LogP contribution in [0, 0.1) is 36.5 Å². The molecule has 0 radical (unpaired) electrons. The van der Waals surface area contributed by atoms with Crippen LogP contribution in [0.3, 0.4) is 0 Å². The summed E-state index contributed by atoms with van der Waals surface area (Å²) in [5.74, 6) is -2.25. The fourth-order valence-corrected chi connectivity index (χ4v) is 11.3. The van der Waals surface area contributed by atoms with Gasteiger partial charge in [0.1, 0.15) is 22.8 Å². The summed E-state index contributed by atoms with van der Waals surface area (Å²) in [7, 11) is 2.92. The van der Waals surface area contributed by atoms with Crippen LogP contribution < -0.4 is 0 Å². The lowest BCUT2D eigenvalue weighted by atomic mass is 9.97. The van der Waals surface area contributed by atoms with Crippen molar-refractivity contribution in [3.05, 3.63) is 70.8 Å². The van der Waals surface area contributed by atoms with Crippen molar-refractivity contribution in [2.75, 3.05) is 36.6 Å². The molecule has 2 heterocycles. The number of amides is 2. The van der Waals surface area contributed by atoms with E-state index >= 15 is 0 Å². The molecule has 4 rings (SSSR count). The van der Waals surface area contributed by atoms with Crippen molar-refractivity contribution in [3.63, 3.8) is 0 Å². The molecule has 0 bridgehead atoms. The molecule has 2 aromatic rings. The van der Waals surface area contributed by atoms with Gasteiger partial charge in [-0.1, -0.05) is 95.1 Å². The fourth-order valence-electron chi connectivity index (χ4n) is 5.75. The summed E-state index contributed by atoms with van der Waals surface area (Å²) in [5.41, 5.74) is 2.39. The van der Waals surface area contributed by atoms with Crippen molar-refractivity contribution < 1.29 is 47.7 Å². The minimum atomic E-state index is -0.875. The molecule has 58 heavy (non-hydrogen) atoms. The average Bonchev–Trinajstić information content (AvgIpc) is 3.81. The second-order valence-corrected chi connectivity index (χ2v) is 21.4. The van der Waals surface area contributed by atoms with E-state index in [1.807, 2.05) is 76.2 Å². The van der Waals surface area contributed by atoms with E-state index in [-0.39, 0.29) is 11.8 Å². The van der Waals surface area contributed by atoms with Crippen LogP contribution in [0.25, 0.3) is 0 Å². The smallest absolute Gasteiger partial charge is 0.332 e. The molecule has 0 N–H and O–H groups in total. The van der Waals surface area contributed by atoms with Gasteiger partial charge >= 0.3 is 23.9 Å². The Labute approximate surface area is 358 Å². The van der Waals surface area contributed by atoms with Crippen LogP contribution >= 0.6 is 45.1 Å². The largest absolute Gasteiger partial charge is 0.427 e. The van der Waals surface area contributed by atoms with Gasteiger partial charge in [-0.3, -0.25) is 19.2 Å². The van der Waals surface area contributed by atoms with E-state index in [0.29, 0.717) is 23.0 Å². The number of ether oxygens (including phenoxy) is 4. The maximum absolute atomic E-state index is 14.1. The van der Waals surface area contributed by atoms with Crippen LogP contribution in [-0.2, 0) is 47.7 Å². The molecule has 318 valence electrons. The molecule has 2 unspecified atom stereocenters. The van der Waals surface area contributed by atoms with Crippen LogP contribution in [0.1, 0.15) is 88.4 Å². The molecule has 2 amide bonds. The van der Waals surface area contributed by atoms with Gasteiger partial charge in [-0.05, 0) is 66.5 Å². The molecule has 2 aromatic carbocycles. The molecule has 12 nitrogen and oxygen atoms in total. The molecule has 6 atom stereocenters. The summed E-state index contributed by atoms with van der Waals surface area (Å²) in [6, 6.07) is 13.9. The quantitative estimate of drug-likeness (QED) is 0.0745. The van der Waals surface area contributed by atoms with E-state index in [1.165, 1.54) is 45.1 Å². The first-order chi connectivity index (χ1) is 27.2. The molecule has 0 spiro atoms. The van der Waals surface area contributed by atoms with Crippen LogP contribution in [-0.4, -0.2) is 94.2 Å². The van der Waals surface area contributed by atoms with Crippen molar-refractivity contribution in [1.29, 1.82) is 0 Å². The first kappa shape index (κ1) is 47.3. The topological polar surface area (TPSA) is 146 Å². The summed E-state index contributed by atoms with van der Waals surface area (Å²) in [5, 5.41) is -0.823. The van der Waals surface area contributed by atoms with Gasteiger partial charge in [0.05, 0.1) is 10.8 Å². The third kappa shape index (κ3) is 12.6. The summed E-state index contributed by atoms with van der Waals surface area (Å²) in [6.07, 6.45) is 0. The predicted molar refractivity (Wildman–Crippen MR) is 230 cm³/mol. The highest BCUT2D eigenvalue weighted by Crippen LogP contribution is 2.45. The Morgan fingerprint density at radius 1 is 0.603 bits per heavy atom. The Balaban J connectivity index is 1.39. The highest BCUT2D eigenvalue weighted by molar-refractivity contribution is 8.76. The summed E-state index contributed by atoms with van der Waals surface area (Å²) in [4.78, 5) is 82.6. The van der Waals surface area contributed by atoms with E-state index < -0.39 is 83.0 Å². The van der Waals surface area contributed by atoms with Crippen molar-refractivity contribution in [2.45, 2.75) is 92.1 Å². The average molecular weight is 877 g/mol. The first-order valence-corrected chi connectivity index (χ1v) is 23.7. The van der Waals surface area contributed by atoms with Crippen LogP contribution in [0.5, 0.6) is 0 Å². The fraction of sp³-hybridized carbons (Fsp3) is 0.571. The first-order valence-electron chi connectivity index (χ1n) is 19.1. The molecule has 2 fully saturated rings. The molecule has 0 saturated carbocycles. The zero-order chi connectivity index (χ0) is 42.9. The SMILES string of the molecule is Cc1ccc(C2SC[C@@H](C(=O)OCOC(=O)C(C)(C)C)N2C(=O)[C@H](C)CSSC[C@@H](C)C(=O)N2C(c3ccc(C)cc3)SC[C@H]2C(=O)OCOC(=O)C(C)(C)C)cc1.